The number of para-hydroxylation sites is 1. The molecule has 1 atom stereocenters. The molecule has 2 heterocycles. The summed E-state index contributed by atoms with van der Waals surface area (Å²) in [6, 6.07) is 16.7. The summed E-state index contributed by atoms with van der Waals surface area (Å²) >= 11 is 0. The normalized spacial score (nSPS) is 16.3. The number of carboxylic acid groups (broad SMARTS) is 1. The van der Waals surface area contributed by atoms with Crippen molar-refractivity contribution < 1.29 is 18.3 Å². The largest absolute Gasteiger partial charge is 0.481 e. The van der Waals surface area contributed by atoms with E-state index >= 15 is 0 Å². The first-order valence-corrected chi connectivity index (χ1v) is 13.6. The summed E-state index contributed by atoms with van der Waals surface area (Å²) in [5.41, 5.74) is 2.81. The van der Waals surface area contributed by atoms with Crippen LogP contribution in [0.3, 0.4) is 0 Å². The average molecular weight is 509 g/mol. The van der Waals surface area contributed by atoms with Gasteiger partial charge in [-0.05, 0) is 11.6 Å². The summed E-state index contributed by atoms with van der Waals surface area (Å²) in [4.78, 5) is 19.0. The zero-order valence-electron chi connectivity index (χ0n) is 20.7. The van der Waals surface area contributed by atoms with Crippen LogP contribution in [0, 0.1) is 0 Å². The molecule has 8 nitrogen and oxygen atoms in total. The highest BCUT2D eigenvalue weighted by Gasteiger charge is 2.39. The van der Waals surface area contributed by atoms with E-state index in [1.807, 2.05) is 78.6 Å². The molecule has 0 bridgehead atoms. The molecular formula is C27H32N4O4S. The highest BCUT2D eigenvalue weighted by molar-refractivity contribution is 7.91. The molecule has 9 heteroatoms. The molecule has 0 amide bonds. The SMILES string of the molecule is C=CCS(=O)(=O)C(c1c(-c2ccccc2)nc2ccccc2c1CC(=O)O)N1CCN(N(C)C)CC1. The van der Waals surface area contributed by atoms with Gasteiger partial charge in [-0.25, -0.2) is 23.4 Å². The number of nitrogens with zero attached hydrogens (tertiary/aromatic N) is 4. The predicted molar refractivity (Wildman–Crippen MR) is 142 cm³/mol. The Bertz CT molecular complexity index is 1350. The summed E-state index contributed by atoms with van der Waals surface area (Å²) in [5, 5.41) is 13.7. The lowest BCUT2D eigenvalue weighted by Gasteiger charge is -2.41. The van der Waals surface area contributed by atoms with E-state index in [-0.39, 0.29) is 12.2 Å². The van der Waals surface area contributed by atoms with E-state index in [9.17, 15) is 18.3 Å². The minimum atomic E-state index is -3.78. The minimum Gasteiger partial charge on any atom is -0.481 e. The number of hydrogen-bond donors (Lipinski definition) is 1. The van der Waals surface area contributed by atoms with Crippen LogP contribution in [0.5, 0.6) is 0 Å². The van der Waals surface area contributed by atoms with Crippen LogP contribution < -0.4 is 0 Å². The topological polar surface area (TPSA) is 94.0 Å². The average Bonchev–Trinajstić information content (AvgIpc) is 2.85. The van der Waals surface area contributed by atoms with E-state index < -0.39 is 21.2 Å². The third-order valence-corrected chi connectivity index (χ3v) is 8.46. The van der Waals surface area contributed by atoms with Crippen LogP contribution in [0.1, 0.15) is 16.5 Å². The lowest BCUT2D eigenvalue weighted by atomic mass is 9.94. The number of aromatic nitrogens is 1. The van der Waals surface area contributed by atoms with Gasteiger partial charge in [-0.2, -0.15) is 0 Å². The van der Waals surface area contributed by atoms with Crippen LogP contribution >= 0.6 is 0 Å². The third-order valence-electron chi connectivity index (χ3n) is 6.54. The van der Waals surface area contributed by atoms with Crippen molar-refractivity contribution in [3.8, 4) is 11.3 Å². The quantitative estimate of drug-likeness (QED) is 0.441. The Hall–Kier alpha value is -3.11. The molecule has 1 aliphatic heterocycles. The molecule has 4 rings (SSSR count). The molecule has 36 heavy (non-hydrogen) atoms. The predicted octanol–water partition coefficient (Wildman–Crippen LogP) is 3.22. The Labute approximate surface area is 212 Å². The van der Waals surface area contributed by atoms with Crippen LogP contribution in [0.2, 0.25) is 0 Å². The second-order valence-corrected chi connectivity index (χ2v) is 11.2. The number of pyridine rings is 1. The summed E-state index contributed by atoms with van der Waals surface area (Å²) < 4.78 is 27.8. The molecular weight excluding hydrogens is 476 g/mol. The van der Waals surface area contributed by atoms with Gasteiger partial charge in [0, 0.05) is 56.8 Å². The zero-order valence-corrected chi connectivity index (χ0v) is 21.5. The number of fused-ring (bicyclic) bond motifs is 1. The van der Waals surface area contributed by atoms with Crippen molar-refractivity contribution in [2.75, 3.05) is 46.0 Å². The Morgan fingerprint density at radius 3 is 2.33 bits per heavy atom. The number of hydrogen-bond acceptors (Lipinski definition) is 7. The smallest absolute Gasteiger partial charge is 0.307 e. The Morgan fingerprint density at radius 2 is 1.72 bits per heavy atom. The monoisotopic (exact) mass is 508 g/mol. The Balaban J connectivity index is 2.03. The van der Waals surface area contributed by atoms with E-state index in [0.29, 0.717) is 53.9 Å². The Kier molecular flexibility index (Phi) is 7.85. The maximum Gasteiger partial charge on any atom is 0.307 e. The first-order valence-electron chi connectivity index (χ1n) is 11.9. The number of benzene rings is 2. The molecule has 2 aromatic carbocycles. The fourth-order valence-corrected chi connectivity index (χ4v) is 6.70. The zero-order chi connectivity index (χ0) is 25.9. The molecule has 1 unspecified atom stereocenters. The van der Waals surface area contributed by atoms with Gasteiger partial charge in [-0.15, -0.1) is 6.58 Å². The van der Waals surface area contributed by atoms with Gasteiger partial charge >= 0.3 is 5.97 Å². The maximum atomic E-state index is 13.9. The van der Waals surface area contributed by atoms with Gasteiger partial charge in [0.25, 0.3) is 0 Å². The first kappa shape index (κ1) is 26.0. The standard InChI is InChI=1S/C27H32N4O4S/c1-4-18-36(34,35)27(30-14-16-31(17-15-30)29(2)3)25-22(19-24(32)33)21-12-8-9-13-23(21)28-26(25)20-10-6-5-7-11-20/h4-13,27H,1,14-19H2,2-3H3,(H,32,33). The lowest BCUT2D eigenvalue weighted by Crippen LogP contribution is -2.53. The van der Waals surface area contributed by atoms with Crippen LogP contribution in [-0.4, -0.2) is 85.4 Å². The van der Waals surface area contributed by atoms with Crippen molar-refractivity contribution in [2.45, 2.75) is 11.8 Å². The van der Waals surface area contributed by atoms with Gasteiger partial charge in [0.2, 0.25) is 0 Å². The summed E-state index contributed by atoms with van der Waals surface area (Å²) in [5.74, 6) is -1.25. The highest BCUT2D eigenvalue weighted by Crippen LogP contribution is 2.40. The number of piperazine rings is 1. The summed E-state index contributed by atoms with van der Waals surface area (Å²) in [6.07, 6.45) is 1.09. The van der Waals surface area contributed by atoms with Gasteiger partial charge in [0.15, 0.2) is 9.84 Å². The second kappa shape index (κ2) is 10.9. The van der Waals surface area contributed by atoms with Crippen LogP contribution in [0.25, 0.3) is 22.2 Å². The molecule has 0 radical (unpaired) electrons. The molecule has 0 aliphatic carbocycles. The molecule has 0 spiro atoms. The van der Waals surface area contributed by atoms with E-state index in [1.165, 1.54) is 6.08 Å². The van der Waals surface area contributed by atoms with Crippen molar-refractivity contribution in [2.24, 2.45) is 0 Å². The molecule has 3 aromatic rings. The number of hydrazine groups is 1. The lowest BCUT2D eigenvalue weighted by molar-refractivity contribution is -0.136. The molecule has 1 aromatic heterocycles. The second-order valence-electron chi connectivity index (χ2n) is 9.11. The third kappa shape index (κ3) is 5.34. The first-order chi connectivity index (χ1) is 17.2. The van der Waals surface area contributed by atoms with Crippen molar-refractivity contribution in [1.29, 1.82) is 0 Å². The molecule has 190 valence electrons. The number of carbonyl (C=O) groups is 1. The highest BCUT2D eigenvalue weighted by atomic mass is 32.2. The number of sulfone groups is 1. The molecule has 0 saturated carbocycles. The van der Waals surface area contributed by atoms with Gasteiger partial charge in [0.1, 0.15) is 5.37 Å². The fraction of sp³-hybridized carbons (Fsp3) is 0.333. The van der Waals surface area contributed by atoms with Crippen molar-refractivity contribution in [1.82, 2.24) is 19.9 Å². The molecule has 1 aliphatic rings. The minimum absolute atomic E-state index is 0.223. The number of aliphatic carboxylic acids is 1. The van der Waals surface area contributed by atoms with E-state index in [1.54, 1.807) is 0 Å². The number of rotatable bonds is 9. The Morgan fingerprint density at radius 1 is 1.08 bits per heavy atom. The maximum absolute atomic E-state index is 13.9. The molecule has 1 N–H and O–H groups in total. The van der Waals surface area contributed by atoms with Gasteiger partial charge in [-0.3, -0.25) is 9.69 Å². The van der Waals surface area contributed by atoms with Gasteiger partial charge in [0.05, 0.1) is 23.4 Å². The van der Waals surface area contributed by atoms with E-state index in [0.717, 1.165) is 5.56 Å². The van der Waals surface area contributed by atoms with Crippen molar-refractivity contribution >= 4 is 26.7 Å². The van der Waals surface area contributed by atoms with Crippen molar-refractivity contribution in [3.05, 3.63) is 78.4 Å². The summed E-state index contributed by atoms with van der Waals surface area (Å²) in [7, 11) is 0.154. The fourth-order valence-electron chi connectivity index (χ4n) is 4.91. The van der Waals surface area contributed by atoms with Crippen LogP contribution in [-0.2, 0) is 21.1 Å². The van der Waals surface area contributed by atoms with Gasteiger partial charge in [-0.1, -0.05) is 54.6 Å². The number of carboxylic acids is 1. The van der Waals surface area contributed by atoms with Gasteiger partial charge < -0.3 is 5.11 Å². The molecule has 1 saturated heterocycles. The van der Waals surface area contributed by atoms with Crippen molar-refractivity contribution in [3.63, 3.8) is 0 Å². The molecule has 1 fully saturated rings. The summed E-state index contributed by atoms with van der Waals surface area (Å²) in [6.45, 7) is 6.01. The van der Waals surface area contributed by atoms with Crippen LogP contribution in [0.15, 0.2) is 67.3 Å². The van der Waals surface area contributed by atoms with E-state index in [4.69, 9.17) is 4.98 Å². The van der Waals surface area contributed by atoms with E-state index in [2.05, 4.69) is 11.6 Å². The van der Waals surface area contributed by atoms with Crippen LogP contribution in [0.4, 0.5) is 0 Å².